The number of aliphatic hydroxyl groups is 1. The highest BCUT2D eigenvalue weighted by Gasteiger charge is 2.17. The lowest BCUT2D eigenvalue weighted by molar-refractivity contribution is 0.282. The van der Waals surface area contributed by atoms with Crippen LogP contribution in [-0.2, 0) is 16.6 Å². The molecule has 0 atom stereocenters. The monoisotopic (exact) mass is 276 g/mol. The Morgan fingerprint density at radius 2 is 2.25 bits per heavy atom. The molecule has 0 unspecified atom stereocenters. The first-order valence-electron chi connectivity index (χ1n) is 4.22. The molecule has 0 fully saturated rings. The first-order chi connectivity index (χ1) is 7.62. The van der Waals surface area contributed by atoms with Crippen LogP contribution < -0.4 is 4.72 Å². The summed E-state index contributed by atoms with van der Waals surface area (Å²) in [5.41, 5.74) is 0.588. The third kappa shape index (κ3) is 2.40. The second-order valence-electron chi connectivity index (χ2n) is 2.87. The molecule has 0 radical (unpaired) electrons. The van der Waals surface area contributed by atoms with Crippen LogP contribution in [0.3, 0.4) is 0 Å². The minimum absolute atomic E-state index is 0.163. The Morgan fingerprint density at radius 1 is 1.44 bits per heavy atom. The molecule has 8 heteroatoms. The molecule has 0 amide bonds. The number of hydrogen-bond donors (Lipinski definition) is 2. The Hall–Kier alpha value is -0.960. The highest BCUT2D eigenvalue weighted by molar-refractivity contribution is 7.94. The van der Waals surface area contributed by atoms with E-state index in [9.17, 15) is 8.42 Å². The Balaban J connectivity index is 2.25. The van der Waals surface area contributed by atoms with Crippen molar-refractivity contribution in [2.45, 2.75) is 10.8 Å². The average molecular weight is 276 g/mol. The maximum atomic E-state index is 11.8. The lowest BCUT2D eigenvalue weighted by Gasteiger charge is -2.01. The molecule has 2 heterocycles. The van der Waals surface area contributed by atoms with Gasteiger partial charge in [-0.15, -0.1) is 22.7 Å². The van der Waals surface area contributed by atoms with Gasteiger partial charge >= 0.3 is 0 Å². The molecule has 16 heavy (non-hydrogen) atoms. The van der Waals surface area contributed by atoms with Gasteiger partial charge in [0.25, 0.3) is 10.0 Å². The van der Waals surface area contributed by atoms with E-state index in [1.165, 1.54) is 23.6 Å². The van der Waals surface area contributed by atoms with Crippen LogP contribution in [0.25, 0.3) is 0 Å². The van der Waals surface area contributed by atoms with Crippen LogP contribution in [0.1, 0.15) is 5.56 Å². The van der Waals surface area contributed by atoms with Crippen molar-refractivity contribution in [1.82, 2.24) is 4.98 Å². The molecule has 0 bridgehead atoms. The van der Waals surface area contributed by atoms with Gasteiger partial charge in [-0.1, -0.05) is 0 Å². The molecular weight excluding hydrogens is 268 g/mol. The number of rotatable bonds is 4. The molecule has 2 N–H and O–H groups in total. The maximum absolute atomic E-state index is 11.8. The zero-order valence-electron chi connectivity index (χ0n) is 7.95. The third-order valence-electron chi connectivity index (χ3n) is 1.73. The van der Waals surface area contributed by atoms with Gasteiger partial charge in [-0.3, -0.25) is 4.72 Å². The molecular formula is C8H8N2O3S3. The number of aliphatic hydroxyl groups excluding tert-OH is 1. The van der Waals surface area contributed by atoms with Crippen molar-refractivity contribution in [3.05, 3.63) is 28.6 Å². The van der Waals surface area contributed by atoms with E-state index in [1.54, 1.807) is 10.8 Å². The predicted octanol–water partition coefficient (Wildman–Crippen LogP) is 1.50. The molecule has 2 aromatic heterocycles. The summed E-state index contributed by atoms with van der Waals surface area (Å²) in [7, 11) is -3.57. The van der Waals surface area contributed by atoms with E-state index in [1.807, 2.05) is 0 Å². The fourth-order valence-electron chi connectivity index (χ4n) is 1.02. The number of nitrogens with zero attached hydrogens (tertiary/aromatic N) is 1. The summed E-state index contributed by atoms with van der Waals surface area (Å²) in [4.78, 5) is 3.84. The van der Waals surface area contributed by atoms with Crippen molar-refractivity contribution >= 4 is 37.8 Å². The predicted molar refractivity (Wildman–Crippen MR) is 63.2 cm³/mol. The topological polar surface area (TPSA) is 79.3 Å². The fraction of sp³-hybridized carbons (Fsp3) is 0.125. The SMILES string of the molecule is O=S(=O)(Nc1nccs1)c1cc(CO)cs1. The smallest absolute Gasteiger partial charge is 0.273 e. The molecule has 5 nitrogen and oxygen atoms in total. The third-order valence-corrected chi connectivity index (χ3v) is 5.38. The lowest BCUT2D eigenvalue weighted by atomic mass is 10.4. The number of sulfonamides is 1. The van der Waals surface area contributed by atoms with Crippen LogP contribution in [0.15, 0.2) is 27.2 Å². The van der Waals surface area contributed by atoms with Crippen LogP contribution in [0, 0.1) is 0 Å². The normalized spacial score (nSPS) is 11.6. The van der Waals surface area contributed by atoms with Crippen LogP contribution in [0.4, 0.5) is 5.13 Å². The second-order valence-corrected chi connectivity index (χ2v) is 6.59. The van der Waals surface area contributed by atoms with E-state index < -0.39 is 10.0 Å². The first kappa shape index (κ1) is 11.5. The summed E-state index contributed by atoms with van der Waals surface area (Å²) < 4.78 is 26.2. The van der Waals surface area contributed by atoms with Crippen molar-refractivity contribution in [3.63, 3.8) is 0 Å². The molecule has 0 spiro atoms. The average Bonchev–Trinajstić information content (AvgIpc) is 2.85. The number of thiazole rings is 1. The van der Waals surface area contributed by atoms with Crippen LogP contribution >= 0.6 is 22.7 Å². The van der Waals surface area contributed by atoms with E-state index in [4.69, 9.17) is 5.11 Å². The zero-order valence-corrected chi connectivity index (χ0v) is 10.4. The minimum Gasteiger partial charge on any atom is -0.392 e. The van der Waals surface area contributed by atoms with Crippen molar-refractivity contribution < 1.29 is 13.5 Å². The van der Waals surface area contributed by atoms with E-state index in [-0.39, 0.29) is 10.8 Å². The molecule has 0 saturated heterocycles. The van der Waals surface area contributed by atoms with Crippen molar-refractivity contribution in [2.75, 3.05) is 4.72 Å². The highest BCUT2D eigenvalue weighted by atomic mass is 32.2. The van der Waals surface area contributed by atoms with Gasteiger partial charge in [-0.05, 0) is 17.0 Å². The van der Waals surface area contributed by atoms with Gasteiger partial charge in [0.05, 0.1) is 6.61 Å². The van der Waals surface area contributed by atoms with E-state index in [0.29, 0.717) is 10.7 Å². The molecule has 2 rings (SSSR count). The highest BCUT2D eigenvalue weighted by Crippen LogP contribution is 2.23. The Labute approximate surface area is 100 Å². The Bertz CT molecular complexity index is 559. The number of aromatic nitrogens is 1. The summed E-state index contributed by atoms with van der Waals surface area (Å²) in [6.07, 6.45) is 1.52. The van der Waals surface area contributed by atoms with Gasteiger partial charge < -0.3 is 5.11 Å². The number of thiophene rings is 1. The summed E-state index contributed by atoms with van der Waals surface area (Å²) in [5.74, 6) is 0. The van der Waals surface area contributed by atoms with Crippen LogP contribution in [0.2, 0.25) is 0 Å². The van der Waals surface area contributed by atoms with Crippen molar-refractivity contribution in [1.29, 1.82) is 0 Å². The van der Waals surface area contributed by atoms with E-state index >= 15 is 0 Å². The number of anilines is 1. The molecule has 0 saturated carbocycles. The summed E-state index contributed by atoms with van der Waals surface area (Å²) in [6.45, 7) is -0.163. The van der Waals surface area contributed by atoms with Gasteiger partial charge in [0.1, 0.15) is 4.21 Å². The standard InChI is InChI=1S/C8H8N2O3S3/c11-4-6-3-7(15-5-6)16(12,13)10-8-9-1-2-14-8/h1-3,5,11H,4H2,(H,9,10). The Morgan fingerprint density at radius 3 is 2.81 bits per heavy atom. The summed E-state index contributed by atoms with van der Waals surface area (Å²) in [6, 6.07) is 1.45. The molecule has 2 aromatic rings. The molecule has 0 aliphatic carbocycles. The van der Waals surface area contributed by atoms with Gasteiger partial charge in [0.15, 0.2) is 5.13 Å². The van der Waals surface area contributed by atoms with E-state index in [2.05, 4.69) is 9.71 Å². The molecule has 0 aliphatic rings. The largest absolute Gasteiger partial charge is 0.392 e. The summed E-state index contributed by atoms with van der Waals surface area (Å²) in [5, 5.41) is 12.5. The van der Waals surface area contributed by atoms with Crippen LogP contribution in [-0.4, -0.2) is 18.5 Å². The fourth-order valence-corrected chi connectivity index (χ4v) is 4.01. The van der Waals surface area contributed by atoms with Crippen molar-refractivity contribution in [3.8, 4) is 0 Å². The van der Waals surface area contributed by atoms with Crippen molar-refractivity contribution in [2.24, 2.45) is 0 Å². The zero-order chi connectivity index (χ0) is 11.6. The van der Waals surface area contributed by atoms with Gasteiger partial charge in [-0.2, -0.15) is 0 Å². The molecule has 86 valence electrons. The number of hydrogen-bond acceptors (Lipinski definition) is 6. The molecule has 0 aromatic carbocycles. The van der Waals surface area contributed by atoms with E-state index in [0.717, 1.165) is 11.3 Å². The Kier molecular flexibility index (Phi) is 3.24. The first-order valence-corrected chi connectivity index (χ1v) is 7.46. The molecule has 0 aliphatic heterocycles. The lowest BCUT2D eigenvalue weighted by Crippen LogP contribution is -2.11. The quantitative estimate of drug-likeness (QED) is 0.887. The second kappa shape index (κ2) is 4.50. The van der Waals surface area contributed by atoms with Gasteiger partial charge in [-0.25, -0.2) is 13.4 Å². The maximum Gasteiger partial charge on any atom is 0.273 e. The van der Waals surface area contributed by atoms with Gasteiger partial charge in [0.2, 0.25) is 0 Å². The summed E-state index contributed by atoms with van der Waals surface area (Å²) >= 11 is 2.28. The van der Waals surface area contributed by atoms with Crippen LogP contribution in [0.5, 0.6) is 0 Å². The van der Waals surface area contributed by atoms with Gasteiger partial charge in [0, 0.05) is 11.6 Å². The number of nitrogens with one attached hydrogen (secondary N) is 1. The minimum atomic E-state index is -3.57.